The number of aryl methyl sites for hydroxylation is 1. The van der Waals surface area contributed by atoms with Crippen LogP contribution in [0.15, 0.2) is 30.3 Å². The topological polar surface area (TPSA) is 64.6 Å². The molecule has 0 aromatic heterocycles. The number of alkyl carbamates (subject to hydrolysis) is 1. The van der Waals surface area contributed by atoms with Crippen molar-refractivity contribution in [3.63, 3.8) is 0 Å². The second-order valence-corrected chi connectivity index (χ2v) is 7.41. The highest BCUT2D eigenvalue weighted by Gasteiger charge is 2.22. The minimum atomic E-state index is -0.709. The lowest BCUT2D eigenvalue weighted by Gasteiger charge is -2.22. The van der Waals surface area contributed by atoms with Gasteiger partial charge < -0.3 is 14.8 Å². The van der Waals surface area contributed by atoms with Crippen LogP contribution < -0.4 is 5.32 Å². The number of nitrogens with one attached hydrogen (secondary N) is 1. The Morgan fingerprint density at radius 1 is 1.12 bits per heavy atom. The highest BCUT2D eigenvalue weighted by Crippen LogP contribution is 2.08. The van der Waals surface area contributed by atoms with Gasteiger partial charge in [-0.05, 0) is 48.0 Å². The van der Waals surface area contributed by atoms with Crippen LogP contribution in [0.3, 0.4) is 0 Å². The van der Waals surface area contributed by atoms with Gasteiger partial charge in [0.1, 0.15) is 11.6 Å². The number of unbranched alkanes of at least 4 members (excludes halogenated alkanes) is 1. The van der Waals surface area contributed by atoms with Crippen molar-refractivity contribution >= 4 is 12.1 Å². The van der Waals surface area contributed by atoms with Crippen LogP contribution in [-0.2, 0) is 14.3 Å². The van der Waals surface area contributed by atoms with Crippen LogP contribution in [0.2, 0.25) is 0 Å². The number of rotatable bonds is 6. The van der Waals surface area contributed by atoms with Crippen LogP contribution in [0.4, 0.5) is 4.79 Å². The molecule has 148 valence electrons. The van der Waals surface area contributed by atoms with Crippen LogP contribution in [0, 0.1) is 6.92 Å². The van der Waals surface area contributed by atoms with E-state index in [9.17, 15) is 9.59 Å². The monoisotopic (exact) mass is 365 g/mol. The molecule has 1 aromatic rings. The van der Waals surface area contributed by atoms with Gasteiger partial charge in [0.05, 0.1) is 6.10 Å². The van der Waals surface area contributed by atoms with E-state index < -0.39 is 23.7 Å². The number of hydrogen-bond acceptors (Lipinski definition) is 4. The summed E-state index contributed by atoms with van der Waals surface area (Å²) in [5, 5.41) is 2.46. The van der Waals surface area contributed by atoms with Gasteiger partial charge in [-0.1, -0.05) is 55.7 Å². The lowest BCUT2D eigenvalue weighted by atomic mass is 10.2. The first-order valence-corrected chi connectivity index (χ1v) is 9.26. The lowest BCUT2D eigenvalue weighted by Crippen LogP contribution is -2.43. The smallest absolute Gasteiger partial charge is 0.408 e. The van der Waals surface area contributed by atoms with Gasteiger partial charge in [-0.3, -0.25) is 0 Å². The predicted octanol–water partition coefficient (Wildman–Crippen LogP) is 5.02. The van der Waals surface area contributed by atoms with E-state index in [1.807, 2.05) is 25.1 Å². The summed E-state index contributed by atoms with van der Waals surface area (Å²) in [5.41, 5.74) is 0.741. The third-order valence-electron chi connectivity index (χ3n) is 3.31. The Bertz CT molecular complexity index is 523. The molecular weight excluding hydrogens is 330 g/mol. The second-order valence-electron chi connectivity index (χ2n) is 7.41. The Hall–Kier alpha value is -2.04. The van der Waals surface area contributed by atoms with E-state index in [4.69, 9.17) is 9.47 Å². The first-order chi connectivity index (χ1) is 12.0. The zero-order valence-corrected chi connectivity index (χ0v) is 17.3. The molecule has 1 N–H and O–H groups in total. The molecule has 0 unspecified atom stereocenters. The maximum atomic E-state index is 11.7. The molecule has 2 atom stereocenters. The number of carbonyl (C=O) groups is 2. The largest absolute Gasteiger partial charge is 0.461 e. The number of benzene rings is 1. The zero-order valence-electron chi connectivity index (χ0n) is 17.3. The molecule has 0 saturated heterocycles. The van der Waals surface area contributed by atoms with Crippen molar-refractivity contribution < 1.29 is 19.1 Å². The molecule has 0 radical (unpaired) electrons. The quantitative estimate of drug-likeness (QED) is 0.719. The standard InChI is InChI=1S/C14H27NO4.C7H8/c1-7-8-9-10(2)18-12(16)11(3)15-13(17)19-14(4,5)6;1-7-5-3-2-4-6-7/h10-11H,7-9H2,1-6H3,(H,15,17);2-6H,1H3/t10-,11-;/m0./s1. The van der Waals surface area contributed by atoms with Gasteiger partial charge in [0.2, 0.25) is 0 Å². The summed E-state index contributed by atoms with van der Waals surface area (Å²) in [6.07, 6.45) is 2.17. The molecule has 1 amide bonds. The highest BCUT2D eigenvalue weighted by atomic mass is 16.6. The van der Waals surface area contributed by atoms with E-state index in [1.165, 1.54) is 5.56 Å². The van der Waals surface area contributed by atoms with Crippen LogP contribution in [-0.4, -0.2) is 29.8 Å². The van der Waals surface area contributed by atoms with E-state index in [-0.39, 0.29) is 6.10 Å². The van der Waals surface area contributed by atoms with E-state index in [0.29, 0.717) is 0 Å². The summed E-state index contributed by atoms with van der Waals surface area (Å²) in [4.78, 5) is 23.2. The van der Waals surface area contributed by atoms with Crippen molar-refractivity contribution in [3.8, 4) is 0 Å². The number of ether oxygens (including phenoxy) is 2. The Morgan fingerprint density at radius 2 is 1.69 bits per heavy atom. The van der Waals surface area contributed by atoms with Crippen LogP contribution in [0.5, 0.6) is 0 Å². The number of amides is 1. The fourth-order valence-electron chi connectivity index (χ4n) is 1.93. The van der Waals surface area contributed by atoms with Gasteiger partial charge in [-0.25, -0.2) is 9.59 Å². The van der Waals surface area contributed by atoms with Gasteiger partial charge in [0.25, 0.3) is 0 Å². The number of hydrogen-bond donors (Lipinski definition) is 1. The predicted molar refractivity (Wildman–Crippen MR) is 105 cm³/mol. The lowest BCUT2D eigenvalue weighted by molar-refractivity contribution is -0.150. The summed E-state index contributed by atoms with van der Waals surface area (Å²) < 4.78 is 10.3. The van der Waals surface area contributed by atoms with Crippen molar-refractivity contribution in [2.45, 2.75) is 85.5 Å². The van der Waals surface area contributed by atoms with Crippen molar-refractivity contribution in [3.05, 3.63) is 35.9 Å². The van der Waals surface area contributed by atoms with Crippen LogP contribution in [0.25, 0.3) is 0 Å². The Morgan fingerprint density at radius 3 is 2.12 bits per heavy atom. The maximum absolute atomic E-state index is 11.7. The second kappa shape index (κ2) is 12.3. The van der Waals surface area contributed by atoms with Crippen LogP contribution in [0.1, 0.15) is 66.4 Å². The molecular formula is C21H35NO4. The molecule has 0 fully saturated rings. The molecule has 0 bridgehead atoms. The van der Waals surface area contributed by atoms with Gasteiger partial charge in [-0.2, -0.15) is 0 Å². The van der Waals surface area contributed by atoms with E-state index >= 15 is 0 Å². The van der Waals surface area contributed by atoms with E-state index in [0.717, 1.165) is 19.3 Å². The molecule has 0 aliphatic carbocycles. The normalized spacial score (nSPS) is 12.9. The number of carbonyl (C=O) groups excluding carboxylic acids is 2. The Kier molecular flexibility index (Phi) is 11.4. The highest BCUT2D eigenvalue weighted by molar-refractivity contribution is 5.81. The van der Waals surface area contributed by atoms with Crippen molar-refractivity contribution in [2.75, 3.05) is 0 Å². The summed E-state index contributed by atoms with van der Waals surface area (Å²) >= 11 is 0. The average molecular weight is 366 g/mol. The molecule has 5 heteroatoms. The van der Waals surface area contributed by atoms with Crippen LogP contribution >= 0.6 is 0 Å². The molecule has 0 aliphatic rings. The first kappa shape index (κ1) is 24.0. The summed E-state index contributed by atoms with van der Waals surface area (Å²) in [6.45, 7) is 12.9. The fraction of sp³-hybridized carbons (Fsp3) is 0.619. The summed E-state index contributed by atoms with van der Waals surface area (Å²) in [5.74, 6) is -0.436. The van der Waals surface area contributed by atoms with Crippen molar-refractivity contribution in [1.82, 2.24) is 5.32 Å². The Balaban J connectivity index is 0.000000735. The zero-order chi connectivity index (χ0) is 20.2. The van der Waals surface area contributed by atoms with E-state index in [1.54, 1.807) is 27.7 Å². The number of esters is 1. The molecule has 0 aliphatic heterocycles. The molecule has 1 rings (SSSR count). The fourth-order valence-corrected chi connectivity index (χ4v) is 1.93. The molecule has 0 saturated carbocycles. The first-order valence-electron chi connectivity index (χ1n) is 9.26. The minimum absolute atomic E-state index is 0.129. The van der Waals surface area contributed by atoms with Crippen molar-refractivity contribution in [1.29, 1.82) is 0 Å². The molecule has 26 heavy (non-hydrogen) atoms. The van der Waals surface area contributed by atoms with E-state index in [2.05, 4.69) is 31.3 Å². The Labute approximate surface area is 158 Å². The van der Waals surface area contributed by atoms with Gasteiger partial charge >= 0.3 is 12.1 Å². The van der Waals surface area contributed by atoms with Gasteiger partial charge in [0.15, 0.2) is 0 Å². The van der Waals surface area contributed by atoms with Gasteiger partial charge in [0, 0.05) is 0 Å². The third kappa shape index (κ3) is 13.3. The average Bonchev–Trinajstić information content (AvgIpc) is 2.52. The minimum Gasteiger partial charge on any atom is -0.461 e. The maximum Gasteiger partial charge on any atom is 0.408 e. The van der Waals surface area contributed by atoms with Crippen molar-refractivity contribution in [2.24, 2.45) is 0 Å². The SMILES string of the molecule is CCCC[C@H](C)OC(=O)[C@H](C)NC(=O)OC(C)(C)C.Cc1ccccc1. The summed E-state index contributed by atoms with van der Waals surface area (Å²) in [7, 11) is 0. The molecule has 0 spiro atoms. The summed E-state index contributed by atoms with van der Waals surface area (Å²) in [6, 6.07) is 9.55. The molecule has 1 aromatic carbocycles. The molecule has 5 nitrogen and oxygen atoms in total. The van der Waals surface area contributed by atoms with Gasteiger partial charge in [-0.15, -0.1) is 0 Å². The third-order valence-corrected chi connectivity index (χ3v) is 3.31. The molecule has 0 heterocycles.